The van der Waals surface area contributed by atoms with Crippen LogP contribution in [0.15, 0.2) is 24.8 Å². The zero-order valence-electron chi connectivity index (χ0n) is 10.4. The Morgan fingerprint density at radius 3 is 2.62 bits per heavy atom. The van der Waals surface area contributed by atoms with Gasteiger partial charge < -0.3 is 10.7 Å². The minimum absolute atomic E-state index is 0.338. The molecule has 21 heavy (non-hydrogen) atoms. The third-order valence-electron chi connectivity index (χ3n) is 3.17. The number of nitrogen functional groups attached to an aromatic ring is 1. The maximum absolute atomic E-state index is 6.07. The first kappa shape index (κ1) is 12.4. The number of aromatic nitrogens is 6. The van der Waals surface area contributed by atoms with Crippen molar-refractivity contribution in [3.8, 4) is 11.4 Å². The number of hydrogen-bond donors (Lipinski definition) is 2. The Morgan fingerprint density at radius 1 is 1.10 bits per heavy atom. The van der Waals surface area contributed by atoms with Crippen molar-refractivity contribution in [3.05, 3.63) is 34.8 Å². The summed E-state index contributed by atoms with van der Waals surface area (Å²) >= 11 is 12.1. The Morgan fingerprint density at radius 2 is 1.86 bits per heavy atom. The van der Waals surface area contributed by atoms with Gasteiger partial charge in [-0.25, -0.2) is 9.97 Å². The van der Waals surface area contributed by atoms with Crippen LogP contribution in [0.4, 0.5) is 5.69 Å². The van der Waals surface area contributed by atoms with Gasteiger partial charge in [-0.15, -0.1) is 10.2 Å². The van der Waals surface area contributed by atoms with Crippen LogP contribution in [-0.2, 0) is 0 Å². The second kappa shape index (κ2) is 4.31. The molecule has 0 radical (unpaired) electrons. The largest absolute Gasteiger partial charge is 0.396 e. The molecule has 0 amide bonds. The number of fused-ring (bicyclic) bond motifs is 3. The quantitative estimate of drug-likeness (QED) is 0.525. The number of nitrogens with one attached hydrogen (secondary N) is 1. The average Bonchev–Trinajstić information content (AvgIpc) is 3.09. The van der Waals surface area contributed by atoms with Crippen LogP contribution >= 0.6 is 23.2 Å². The number of H-pyrrole nitrogens is 1. The monoisotopic (exact) mass is 319 g/mol. The van der Waals surface area contributed by atoms with Gasteiger partial charge in [-0.3, -0.25) is 4.40 Å². The molecule has 1 aromatic carbocycles. The van der Waals surface area contributed by atoms with Crippen LogP contribution in [0.1, 0.15) is 0 Å². The molecule has 4 aromatic rings. The highest BCUT2D eigenvalue weighted by Crippen LogP contribution is 2.33. The van der Waals surface area contributed by atoms with Crippen LogP contribution in [0.2, 0.25) is 10.0 Å². The number of hydrogen-bond acceptors (Lipinski definition) is 5. The van der Waals surface area contributed by atoms with Gasteiger partial charge in [-0.05, 0) is 12.1 Å². The number of rotatable bonds is 1. The molecule has 0 aliphatic heterocycles. The number of aromatic amines is 1. The highest BCUT2D eigenvalue weighted by molar-refractivity contribution is 6.39. The summed E-state index contributed by atoms with van der Waals surface area (Å²) in [7, 11) is 0. The van der Waals surface area contributed by atoms with Crippen LogP contribution in [0, 0.1) is 0 Å². The number of nitrogens with zero attached hydrogens (tertiary/aromatic N) is 5. The van der Waals surface area contributed by atoms with Gasteiger partial charge in [0, 0.05) is 5.56 Å². The van der Waals surface area contributed by atoms with E-state index in [1.165, 1.54) is 0 Å². The number of anilines is 1. The summed E-state index contributed by atoms with van der Waals surface area (Å²) in [5.74, 6) is 0.567. The normalized spacial score (nSPS) is 11.5. The maximum atomic E-state index is 6.07. The fourth-order valence-corrected chi connectivity index (χ4v) is 2.63. The van der Waals surface area contributed by atoms with Gasteiger partial charge in [0.05, 0.1) is 22.1 Å². The van der Waals surface area contributed by atoms with E-state index < -0.39 is 0 Å². The van der Waals surface area contributed by atoms with Crippen molar-refractivity contribution in [1.29, 1.82) is 0 Å². The minimum atomic E-state index is 0.338. The summed E-state index contributed by atoms with van der Waals surface area (Å²) < 4.78 is 1.73. The Bertz CT molecular complexity index is 965. The predicted octanol–water partition coefficient (Wildman–Crippen LogP) is 2.56. The molecule has 3 N–H and O–H groups in total. The molecule has 9 heteroatoms. The molecule has 0 saturated carbocycles. The van der Waals surface area contributed by atoms with Crippen LogP contribution in [0.5, 0.6) is 0 Å². The summed E-state index contributed by atoms with van der Waals surface area (Å²) in [5.41, 5.74) is 8.70. The molecule has 0 aliphatic rings. The van der Waals surface area contributed by atoms with E-state index >= 15 is 0 Å². The molecular formula is C12H7Cl2N7. The Balaban J connectivity index is 2.03. The van der Waals surface area contributed by atoms with E-state index in [9.17, 15) is 0 Å². The molecule has 3 heterocycles. The van der Waals surface area contributed by atoms with Gasteiger partial charge in [-0.1, -0.05) is 23.2 Å². The number of benzene rings is 1. The predicted molar refractivity (Wildman–Crippen MR) is 80.3 cm³/mol. The van der Waals surface area contributed by atoms with Crippen LogP contribution < -0.4 is 5.73 Å². The van der Waals surface area contributed by atoms with Crippen LogP contribution in [-0.4, -0.2) is 29.5 Å². The Kier molecular flexibility index (Phi) is 2.54. The van der Waals surface area contributed by atoms with E-state index in [2.05, 4.69) is 25.1 Å². The summed E-state index contributed by atoms with van der Waals surface area (Å²) in [4.78, 5) is 11.3. The maximum Gasteiger partial charge on any atom is 0.190 e. The van der Waals surface area contributed by atoms with Gasteiger partial charge in [0.1, 0.15) is 11.8 Å². The average molecular weight is 320 g/mol. The molecule has 104 valence electrons. The highest BCUT2D eigenvalue weighted by atomic mass is 35.5. The number of imidazole rings is 1. The smallest absolute Gasteiger partial charge is 0.190 e. The van der Waals surface area contributed by atoms with Gasteiger partial charge in [0.15, 0.2) is 17.1 Å². The fourth-order valence-electron chi connectivity index (χ4n) is 2.14. The topological polar surface area (TPSA) is 97.8 Å². The van der Waals surface area contributed by atoms with Gasteiger partial charge in [0.2, 0.25) is 0 Å². The SMILES string of the molecule is Nc1c(Cl)cc(-c2nnc3c4[nH]cnc4ncn23)cc1Cl. The van der Waals surface area contributed by atoms with Crippen molar-refractivity contribution in [3.63, 3.8) is 0 Å². The summed E-state index contributed by atoms with van der Waals surface area (Å²) in [6.45, 7) is 0. The zero-order chi connectivity index (χ0) is 14.6. The lowest BCUT2D eigenvalue weighted by Gasteiger charge is -2.05. The van der Waals surface area contributed by atoms with Crippen molar-refractivity contribution in [2.45, 2.75) is 0 Å². The molecule has 0 saturated heterocycles. The molecule has 0 fully saturated rings. The fraction of sp³-hybridized carbons (Fsp3) is 0. The molecule has 0 unspecified atom stereocenters. The first-order valence-electron chi connectivity index (χ1n) is 5.93. The second-order valence-electron chi connectivity index (χ2n) is 4.42. The summed E-state index contributed by atoms with van der Waals surface area (Å²) in [6, 6.07) is 3.38. The van der Waals surface area contributed by atoms with E-state index in [0.717, 1.165) is 0 Å². The molecule has 4 rings (SSSR count). The molecule has 0 spiro atoms. The Labute approximate surface area is 127 Å². The molecule has 0 bridgehead atoms. The molecular weight excluding hydrogens is 313 g/mol. The summed E-state index contributed by atoms with van der Waals surface area (Å²) in [5, 5.41) is 9.07. The van der Waals surface area contributed by atoms with Gasteiger partial charge in [-0.2, -0.15) is 0 Å². The summed E-state index contributed by atoms with van der Waals surface area (Å²) in [6.07, 6.45) is 3.16. The van der Waals surface area contributed by atoms with Crippen molar-refractivity contribution in [1.82, 2.24) is 29.5 Å². The van der Waals surface area contributed by atoms with E-state index in [4.69, 9.17) is 28.9 Å². The molecule has 3 aromatic heterocycles. The van der Waals surface area contributed by atoms with Gasteiger partial charge in [0.25, 0.3) is 0 Å². The van der Waals surface area contributed by atoms with E-state index in [0.29, 0.717) is 43.9 Å². The van der Waals surface area contributed by atoms with Crippen molar-refractivity contribution < 1.29 is 0 Å². The van der Waals surface area contributed by atoms with E-state index in [-0.39, 0.29) is 0 Å². The van der Waals surface area contributed by atoms with Crippen LogP contribution in [0.25, 0.3) is 28.2 Å². The zero-order valence-corrected chi connectivity index (χ0v) is 11.9. The molecule has 0 atom stereocenters. The second-order valence-corrected chi connectivity index (χ2v) is 5.23. The Hall–Kier alpha value is -2.38. The van der Waals surface area contributed by atoms with E-state index in [1.54, 1.807) is 29.2 Å². The third-order valence-corrected chi connectivity index (χ3v) is 3.80. The first-order valence-corrected chi connectivity index (χ1v) is 6.68. The van der Waals surface area contributed by atoms with Crippen molar-refractivity contribution in [2.75, 3.05) is 5.73 Å². The molecule has 7 nitrogen and oxygen atoms in total. The minimum Gasteiger partial charge on any atom is -0.396 e. The lowest BCUT2D eigenvalue weighted by molar-refractivity contribution is 1.09. The number of nitrogens with two attached hydrogens (primary N) is 1. The number of halogens is 2. The third kappa shape index (κ3) is 1.75. The lowest BCUT2D eigenvalue weighted by atomic mass is 10.2. The van der Waals surface area contributed by atoms with E-state index in [1.807, 2.05) is 0 Å². The van der Waals surface area contributed by atoms with Crippen molar-refractivity contribution in [2.24, 2.45) is 0 Å². The first-order chi connectivity index (χ1) is 10.1. The molecule has 0 aliphatic carbocycles. The lowest BCUT2D eigenvalue weighted by Crippen LogP contribution is -1.94. The standard InChI is InChI=1S/C12H7Cl2N7/c13-6-1-5(2-7(14)8(6)15)11-19-20-12-9-10(17-3-16-9)18-4-21(11)12/h1-4H,15H2,(H,16,17). The highest BCUT2D eigenvalue weighted by Gasteiger charge is 2.15. The van der Waals surface area contributed by atoms with Crippen molar-refractivity contribution >= 4 is 45.7 Å². The van der Waals surface area contributed by atoms with Gasteiger partial charge >= 0.3 is 0 Å². The van der Waals surface area contributed by atoms with Crippen LogP contribution in [0.3, 0.4) is 0 Å².